The third-order valence-corrected chi connectivity index (χ3v) is 6.78. The molecule has 1 saturated heterocycles. The van der Waals surface area contributed by atoms with Crippen LogP contribution in [-0.2, 0) is 9.59 Å². The van der Waals surface area contributed by atoms with Crippen molar-refractivity contribution in [1.29, 1.82) is 0 Å². The van der Waals surface area contributed by atoms with E-state index in [0.717, 1.165) is 15.6 Å². The Morgan fingerprint density at radius 2 is 1.71 bits per heavy atom. The van der Waals surface area contributed by atoms with Crippen LogP contribution in [0.4, 0.5) is 0 Å². The molecule has 8 heteroatoms. The number of carbonyl (C=O) groups is 4. The van der Waals surface area contributed by atoms with Gasteiger partial charge in [-0.25, -0.2) is 5.01 Å². The number of fused-ring (bicyclic) bond motifs is 1. The summed E-state index contributed by atoms with van der Waals surface area (Å²) in [5.41, 5.74) is 1.44. The summed E-state index contributed by atoms with van der Waals surface area (Å²) in [6.07, 6.45) is 2.81. The van der Waals surface area contributed by atoms with E-state index in [1.165, 1.54) is 20.1 Å². The summed E-state index contributed by atoms with van der Waals surface area (Å²) in [5.74, 6) is -2.60. The number of ether oxygens (including phenoxy) is 1. The predicted molar refractivity (Wildman–Crippen MR) is 126 cm³/mol. The SMILES string of the molecule is COc1ccc(C(=O)[C@H](C)N(C(=O)c2ccccc2Cl)N2C(=O)[C@H]3CC=C(C)C[C@@H]3C2=O)cc1. The number of carbonyl (C=O) groups excluding carboxylic acids is 4. The molecule has 0 saturated carbocycles. The molecule has 7 nitrogen and oxygen atoms in total. The minimum absolute atomic E-state index is 0.100. The van der Waals surface area contributed by atoms with Crippen LogP contribution in [0.1, 0.15) is 47.4 Å². The van der Waals surface area contributed by atoms with Crippen LogP contribution in [0, 0.1) is 11.8 Å². The zero-order chi connectivity index (χ0) is 24.6. The first-order valence-corrected chi connectivity index (χ1v) is 11.4. The summed E-state index contributed by atoms with van der Waals surface area (Å²) >= 11 is 6.28. The summed E-state index contributed by atoms with van der Waals surface area (Å²) in [6.45, 7) is 3.42. The van der Waals surface area contributed by atoms with E-state index in [2.05, 4.69) is 0 Å². The number of hydrogen-bond acceptors (Lipinski definition) is 5. The van der Waals surface area contributed by atoms with Crippen molar-refractivity contribution in [2.75, 3.05) is 7.11 Å². The summed E-state index contributed by atoms with van der Waals surface area (Å²) in [6, 6.07) is 11.6. The third kappa shape index (κ3) is 4.12. The van der Waals surface area contributed by atoms with Crippen LogP contribution in [0.2, 0.25) is 5.02 Å². The molecule has 1 fully saturated rings. The van der Waals surface area contributed by atoms with Gasteiger partial charge in [-0.1, -0.05) is 35.4 Å². The molecule has 1 aliphatic heterocycles. The monoisotopic (exact) mass is 480 g/mol. The van der Waals surface area contributed by atoms with Gasteiger partial charge in [-0.2, -0.15) is 5.01 Å². The van der Waals surface area contributed by atoms with Crippen molar-refractivity contribution in [2.24, 2.45) is 11.8 Å². The van der Waals surface area contributed by atoms with Gasteiger partial charge in [0.25, 0.3) is 17.7 Å². The van der Waals surface area contributed by atoms with E-state index in [9.17, 15) is 19.2 Å². The number of nitrogens with zero attached hydrogens (tertiary/aromatic N) is 2. The number of rotatable bonds is 6. The van der Waals surface area contributed by atoms with Crippen LogP contribution >= 0.6 is 11.6 Å². The maximum absolute atomic E-state index is 13.7. The fourth-order valence-corrected chi connectivity index (χ4v) is 4.75. The Morgan fingerprint density at radius 3 is 2.35 bits per heavy atom. The molecular weight excluding hydrogens is 456 g/mol. The molecule has 0 spiro atoms. The molecule has 4 rings (SSSR count). The molecule has 176 valence electrons. The van der Waals surface area contributed by atoms with E-state index >= 15 is 0 Å². The molecule has 1 aliphatic carbocycles. The van der Waals surface area contributed by atoms with Gasteiger partial charge in [0.15, 0.2) is 5.78 Å². The van der Waals surface area contributed by atoms with E-state index in [-0.39, 0.29) is 10.6 Å². The van der Waals surface area contributed by atoms with Crippen molar-refractivity contribution in [1.82, 2.24) is 10.0 Å². The van der Waals surface area contributed by atoms with Gasteiger partial charge in [0.05, 0.1) is 29.5 Å². The number of hydrazine groups is 1. The van der Waals surface area contributed by atoms with Gasteiger partial charge in [-0.3, -0.25) is 19.2 Å². The molecule has 2 aliphatic rings. The van der Waals surface area contributed by atoms with Crippen molar-refractivity contribution >= 4 is 35.1 Å². The fourth-order valence-electron chi connectivity index (χ4n) is 4.54. The van der Waals surface area contributed by atoms with Gasteiger partial charge in [0, 0.05) is 5.56 Å². The summed E-state index contributed by atoms with van der Waals surface area (Å²) in [7, 11) is 1.52. The van der Waals surface area contributed by atoms with Crippen LogP contribution in [0.5, 0.6) is 5.75 Å². The first-order valence-electron chi connectivity index (χ1n) is 11.0. The van der Waals surface area contributed by atoms with Gasteiger partial charge in [0.1, 0.15) is 11.8 Å². The van der Waals surface area contributed by atoms with Crippen LogP contribution in [0.15, 0.2) is 60.2 Å². The second-order valence-electron chi connectivity index (χ2n) is 8.59. The number of halogens is 1. The minimum Gasteiger partial charge on any atom is -0.497 e. The van der Waals surface area contributed by atoms with E-state index < -0.39 is 41.4 Å². The van der Waals surface area contributed by atoms with Crippen LogP contribution < -0.4 is 4.74 Å². The lowest BCUT2D eigenvalue weighted by Crippen LogP contribution is -2.56. The lowest BCUT2D eigenvalue weighted by molar-refractivity contribution is -0.156. The summed E-state index contributed by atoms with van der Waals surface area (Å²) in [5, 5.41) is 2.02. The number of benzene rings is 2. The lowest BCUT2D eigenvalue weighted by Gasteiger charge is -2.35. The quantitative estimate of drug-likeness (QED) is 0.349. The maximum Gasteiger partial charge on any atom is 0.275 e. The number of hydrogen-bond donors (Lipinski definition) is 0. The topological polar surface area (TPSA) is 84.0 Å². The van der Waals surface area contributed by atoms with Crippen molar-refractivity contribution in [3.05, 3.63) is 76.3 Å². The highest BCUT2D eigenvalue weighted by atomic mass is 35.5. The lowest BCUT2D eigenvalue weighted by atomic mass is 9.82. The molecule has 3 atom stereocenters. The maximum atomic E-state index is 13.7. The molecule has 0 bridgehead atoms. The summed E-state index contributed by atoms with van der Waals surface area (Å²) < 4.78 is 5.15. The zero-order valence-electron chi connectivity index (χ0n) is 19.2. The van der Waals surface area contributed by atoms with Gasteiger partial charge in [-0.05, 0) is 63.1 Å². The molecule has 0 radical (unpaired) electrons. The molecule has 0 N–H and O–H groups in total. The third-order valence-electron chi connectivity index (χ3n) is 6.45. The molecule has 0 unspecified atom stereocenters. The normalized spacial score (nSPS) is 20.5. The highest BCUT2D eigenvalue weighted by molar-refractivity contribution is 6.34. The van der Waals surface area contributed by atoms with Crippen molar-refractivity contribution in [3.8, 4) is 5.75 Å². The summed E-state index contributed by atoms with van der Waals surface area (Å²) in [4.78, 5) is 53.9. The molecule has 3 amide bonds. The first kappa shape index (κ1) is 23.7. The fraction of sp³-hybridized carbons (Fsp3) is 0.308. The standard InChI is InChI=1S/C26H25ClN2O5/c1-15-8-13-19-21(14-15)26(33)29(24(19)31)28(25(32)20-6-4-5-7-22(20)27)16(2)23(30)17-9-11-18(34-3)12-10-17/h4-12,16,19,21H,13-14H2,1-3H3/t16-,19-,21-/m0/s1. The van der Waals surface area contributed by atoms with E-state index in [4.69, 9.17) is 16.3 Å². The van der Waals surface area contributed by atoms with Crippen LogP contribution in [0.25, 0.3) is 0 Å². The molecule has 2 aromatic carbocycles. The number of Topliss-reactive ketones (excluding diaryl/α,β-unsaturated/α-hetero) is 1. The number of imide groups is 1. The Balaban J connectivity index is 1.75. The number of amides is 3. The molecule has 1 heterocycles. The van der Waals surface area contributed by atoms with Gasteiger partial charge < -0.3 is 4.74 Å². The molecule has 0 aromatic heterocycles. The predicted octanol–water partition coefficient (Wildman–Crippen LogP) is 4.32. The van der Waals surface area contributed by atoms with E-state index in [0.29, 0.717) is 24.2 Å². The number of allylic oxidation sites excluding steroid dienone is 2. The van der Waals surface area contributed by atoms with Crippen LogP contribution in [0.3, 0.4) is 0 Å². The van der Waals surface area contributed by atoms with Crippen LogP contribution in [-0.4, -0.2) is 46.7 Å². The molecule has 34 heavy (non-hydrogen) atoms. The number of methoxy groups -OCH3 is 1. The van der Waals surface area contributed by atoms with Gasteiger partial charge in [0.2, 0.25) is 0 Å². The average Bonchev–Trinajstić information content (AvgIpc) is 3.08. The smallest absolute Gasteiger partial charge is 0.275 e. The second kappa shape index (κ2) is 9.43. The Kier molecular flexibility index (Phi) is 6.57. The number of ketones is 1. The van der Waals surface area contributed by atoms with Gasteiger partial charge >= 0.3 is 0 Å². The minimum atomic E-state index is -1.14. The van der Waals surface area contributed by atoms with Crippen molar-refractivity contribution in [2.45, 2.75) is 32.7 Å². The second-order valence-corrected chi connectivity index (χ2v) is 9.00. The van der Waals surface area contributed by atoms with E-state index in [1.54, 1.807) is 42.5 Å². The largest absolute Gasteiger partial charge is 0.497 e. The average molecular weight is 481 g/mol. The van der Waals surface area contributed by atoms with Crippen molar-refractivity contribution < 1.29 is 23.9 Å². The first-order chi connectivity index (χ1) is 16.2. The Bertz CT molecular complexity index is 1190. The highest BCUT2D eigenvalue weighted by Gasteiger charge is 2.53. The zero-order valence-corrected chi connectivity index (χ0v) is 19.9. The van der Waals surface area contributed by atoms with Gasteiger partial charge in [-0.15, -0.1) is 0 Å². The Labute approximate surface area is 202 Å². The molecular formula is C26H25ClN2O5. The highest BCUT2D eigenvalue weighted by Crippen LogP contribution is 2.39. The Hall–Kier alpha value is -3.45. The van der Waals surface area contributed by atoms with E-state index in [1.807, 2.05) is 13.0 Å². The van der Waals surface area contributed by atoms with Crippen molar-refractivity contribution in [3.63, 3.8) is 0 Å². The molecule has 2 aromatic rings. The Morgan fingerprint density at radius 1 is 1.06 bits per heavy atom.